The van der Waals surface area contributed by atoms with Crippen LogP contribution in [0.1, 0.15) is 64.9 Å². The van der Waals surface area contributed by atoms with Crippen LogP contribution in [0.2, 0.25) is 0 Å². The fourth-order valence-electron chi connectivity index (χ4n) is 4.63. The van der Waals surface area contributed by atoms with Crippen molar-refractivity contribution in [1.29, 1.82) is 0 Å². The SMILES string of the molecule is CCCN1CCN(c2ccccc2C2=CCC(CC)(CC)CC2)CC1. The van der Waals surface area contributed by atoms with Gasteiger partial charge in [0.05, 0.1) is 0 Å². The highest BCUT2D eigenvalue weighted by atomic mass is 15.3. The third-order valence-corrected chi connectivity index (χ3v) is 6.71. The van der Waals surface area contributed by atoms with Gasteiger partial charge in [-0.05, 0) is 49.3 Å². The van der Waals surface area contributed by atoms with Gasteiger partial charge in [0.2, 0.25) is 0 Å². The molecule has 1 heterocycles. The van der Waals surface area contributed by atoms with Crippen molar-refractivity contribution in [1.82, 2.24) is 4.90 Å². The van der Waals surface area contributed by atoms with Crippen LogP contribution < -0.4 is 4.90 Å². The fraction of sp³-hybridized carbons (Fsp3) is 0.652. The molecule has 0 spiro atoms. The Hall–Kier alpha value is -1.28. The molecule has 0 N–H and O–H groups in total. The van der Waals surface area contributed by atoms with Crippen molar-refractivity contribution in [2.24, 2.45) is 5.41 Å². The van der Waals surface area contributed by atoms with Crippen LogP contribution in [0.15, 0.2) is 30.3 Å². The van der Waals surface area contributed by atoms with Crippen molar-refractivity contribution in [2.45, 2.75) is 59.3 Å². The van der Waals surface area contributed by atoms with Gasteiger partial charge in [-0.15, -0.1) is 0 Å². The summed E-state index contributed by atoms with van der Waals surface area (Å²) in [5, 5.41) is 0. The molecule has 1 aromatic rings. The topological polar surface area (TPSA) is 6.48 Å². The van der Waals surface area contributed by atoms with Gasteiger partial charge in [0, 0.05) is 37.4 Å². The number of benzene rings is 1. The average molecular weight is 341 g/mol. The maximum atomic E-state index is 2.61. The molecule has 0 aromatic heterocycles. The van der Waals surface area contributed by atoms with Gasteiger partial charge in [-0.2, -0.15) is 0 Å². The molecule has 0 radical (unpaired) electrons. The largest absolute Gasteiger partial charge is 0.368 e. The van der Waals surface area contributed by atoms with Gasteiger partial charge in [-0.25, -0.2) is 0 Å². The molecule has 0 bridgehead atoms. The van der Waals surface area contributed by atoms with E-state index in [0.717, 1.165) is 13.1 Å². The minimum Gasteiger partial charge on any atom is -0.368 e. The molecule has 1 aromatic carbocycles. The number of hydrogen-bond donors (Lipinski definition) is 0. The lowest BCUT2D eigenvalue weighted by molar-refractivity contribution is 0.238. The highest BCUT2D eigenvalue weighted by molar-refractivity contribution is 5.77. The minimum atomic E-state index is 0.560. The third kappa shape index (κ3) is 4.11. The van der Waals surface area contributed by atoms with Crippen molar-refractivity contribution in [3.05, 3.63) is 35.9 Å². The standard InChI is InChI=1S/C23H36N2/c1-4-15-24-16-18-25(19-17-24)22-10-8-7-9-21(22)20-11-13-23(5-2,6-3)14-12-20/h7-11H,4-6,12-19H2,1-3H3. The molecule has 1 aliphatic carbocycles. The van der Waals surface area contributed by atoms with Crippen molar-refractivity contribution in [3.8, 4) is 0 Å². The Kier molecular flexibility index (Phi) is 6.22. The summed E-state index contributed by atoms with van der Waals surface area (Å²) < 4.78 is 0. The van der Waals surface area contributed by atoms with Crippen LogP contribution in [0.25, 0.3) is 5.57 Å². The predicted molar refractivity (Wildman–Crippen MR) is 110 cm³/mol. The zero-order valence-corrected chi connectivity index (χ0v) is 16.6. The van der Waals surface area contributed by atoms with Crippen LogP contribution >= 0.6 is 0 Å². The predicted octanol–water partition coefficient (Wildman–Crippen LogP) is 5.59. The molecule has 1 fully saturated rings. The number of piperazine rings is 1. The lowest BCUT2D eigenvalue weighted by Gasteiger charge is -2.38. The molecule has 0 unspecified atom stereocenters. The Balaban J connectivity index is 1.75. The first-order valence-electron chi connectivity index (χ1n) is 10.5. The van der Waals surface area contributed by atoms with Gasteiger partial charge >= 0.3 is 0 Å². The smallest absolute Gasteiger partial charge is 0.0443 e. The molecule has 0 saturated carbocycles. The Morgan fingerprint density at radius 3 is 2.28 bits per heavy atom. The molecule has 25 heavy (non-hydrogen) atoms. The first-order chi connectivity index (χ1) is 12.2. The van der Waals surface area contributed by atoms with Crippen LogP contribution in [0.4, 0.5) is 5.69 Å². The highest BCUT2D eigenvalue weighted by Crippen LogP contribution is 2.44. The van der Waals surface area contributed by atoms with E-state index in [1.165, 1.54) is 69.4 Å². The van der Waals surface area contributed by atoms with Crippen LogP contribution in [0.5, 0.6) is 0 Å². The van der Waals surface area contributed by atoms with Gasteiger partial charge < -0.3 is 4.90 Å². The van der Waals surface area contributed by atoms with Gasteiger partial charge in [0.25, 0.3) is 0 Å². The first kappa shape index (κ1) is 18.5. The van der Waals surface area contributed by atoms with Crippen LogP contribution in [0.3, 0.4) is 0 Å². The number of allylic oxidation sites excluding steroid dienone is 2. The molecule has 0 atom stereocenters. The number of para-hydroxylation sites is 1. The van der Waals surface area contributed by atoms with Crippen molar-refractivity contribution in [2.75, 3.05) is 37.6 Å². The van der Waals surface area contributed by atoms with Crippen LogP contribution in [-0.4, -0.2) is 37.6 Å². The molecule has 1 saturated heterocycles. The van der Waals surface area contributed by atoms with Gasteiger partial charge in [0.15, 0.2) is 0 Å². The Bertz CT molecular complexity index is 578. The summed E-state index contributed by atoms with van der Waals surface area (Å²) in [7, 11) is 0. The van der Waals surface area contributed by atoms with E-state index in [0.29, 0.717) is 5.41 Å². The van der Waals surface area contributed by atoms with Crippen molar-refractivity contribution in [3.63, 3.8) is 0 Å². The molecular weight excluding hydrogens is 304 g/mol. The summed E-state index contributed by atoms with van der Waals surface area (Å²) in [5.41, 5.74) is 5.10. The molecule has 3 rings (SSSR count). The lowest BCUT2D eigenvalue weighted by atomic mass is 9.70. The first-order valence-corrected chi connectivity index (χ1v) is 10.5. The summed E-state index contributed by atoms with van der Waals surface area (Å²) in [6.45, 7) is 13.0. The summed E-state index contributed by atoms with van der Waals surface area (Å²) >= 11 is 0. The second kappa shape index (κ2) is 8.40. The minimum absolute atomic E-state index is 0.560. The van der Waals surface area contributed by atoms with Crippen LogP contribution in [-0.2, 0) is 0 Å². The number of rotatable bonds is 6. The Labute approximate surface area is 154 Å². The molecule has 2 nitrogen and oxygen atoms in total. The van der Waals surface area contributed by atoms with Gasteiger partial charge in [-0.1, -0.05) is 57.9 Å². The zero-order valence-electron chi connectivity index (χ0n) is 16.6. The maximum absolute atomic E-state index is 2.61. The molecule has 138 valence electrons. The number of nitrogens with zero attached hydrogens (tertiary/aromatic N) is 2. The second-order valence-electron chi connectivity index (χ2n) is 7.99. The van der Waals surface area contributed by atoms with E-state index in [4.69, 9.17) is 0 Å². The van der Waals surface area contributed by atoms with E-state index in [-0.39, 0.29) is 0 Å². The average Bonchev–Trinajstić information content (AvgIpc) is 2.69. The summed E-state index contributed by atoms with van der Waals surface area (Å²) in [6.07, 6.45) is 10.3. The van der Waals surface area contributed by atoms with E-state index in [1.54, 1.807) is 5.57 Å². The molecule has 0 amide bonds. The molecule has 2 heteroatoms. The summed E-state index contributed by atoms with van der Waals surface area (Å²) in [5.74, 6) is 0. The summed E-state index contributed by atoms with van der Waals surface area (Å²) in [4.78, 5) is 5.22. The van der Waals surface area contributed by atoms with E-state index in [2.05, 4.69) is 60.9 Å². The van der Waals surface area contributed by atoms with E-state index in [9.17, 15) is 0 Å². The number of anilines is 1. The molecular formula is C23H36N2. The quantitative estimate of drug-likeness (QED) is 0.666. The second-order valence-corrected chi connectivity index (χ2v) is 7.99. The van der Waals surface area contributed by atoms with E-state index in [1.807, 2.05) is 0 Å². The van der Waals surface area contributed by atoms with Gasteiger partial charge in [0.1, 0.15) is 0 Å². The Morgan fingerprint density at radius 1 is 0.960 bits per heavy atom. The fourth-order valence-corrected chi connectivity index (χ4v) is 4.63. The van der Waals surface area contributed by atoms with Crippen LogP contribution in [0, 0.1) is 5.41 Å². The number of hydrogen-bond acceptors (Lipinski definition) is 2. The maximum Gasteiger partial charge on any atom is 0.0443 e. The van der Waals surface area contributed by atoms with E-state index < -0.39 is 0 Å². The Morgan fingerprint density at radius 2 is 1.68 bits per heavy atom. The lowest BCUT2D eigenvalue weighted by Crippen LogP contribution is -2.46. The molecule has 1 aliphatic heterocycles. The highest BCUT2D eigenvalue weighted by Gasteiger charge is 2.29. The van der Waals surface area contributed by atoms with Crippen molar-refractivity contribution >= 4 is 11.3 Å². The zero-order chi connectivity index (χ0) is 17.7. The van der Waals surface area contributed by atoms with E-state index >= 15 is 0 Å². The third-order valence-electron chi connectivity index (χ3n) is 6.71. The monoisotopic (exact) mass is 340 g/mol. The summed E-state index contributed by atoms with van der Waals surface area (Å²) in [6, 6.07) is 9.12. The van der Waals surface area contributed by atoms with Gasteiger partial charge in [-0.3, -0.25) is 4.90 Å². The van der Waals surface area contributed by atoms with Crippen molar-refractivity contribution < 1.29 is 0 Å². The molecule has 2 aliphatic rings. The normalized spacial score (nSPS) is 21.2.